The van der Waals surface area contributed by atoms with E-state index in [1.165, 1.54) is 34.4 Å². The van der Waals surface area contributed by atoms with E-state index in [0.29, 0.717) is 30.8 Å². The highest BCUT2D eigenvalue weighted by atomic mass is 35.5. The summed E-state index contributed by atoms with van der Waals surface area (Å²) in [6.07, 6.45) is 2.50. The maximum atomic E-state index is 14.7. The molecule has 0 saturated carbocycles. The molecule has 0 bridgehead atoms. The third-order valence-corrected chi connectivity index (χ3v) is 6.61. The zero-order valence-electron chi connectivity index (χ0n) is 18.4. The maximum absolute atomic E-state index is 14.7. The SMILES string of the molecule is CN1CCc2ccc(Nc3ncc4c(n3)N3CCN=C3N(c3c(F)cccc3Cl)C4=O)cc2C1. The first kappa shape index (κ1) is 21.0. The Labute approximate surface area is 200 Å². The average Bonchev–Trinajstić information content (AvgIpc) is 3.30. The number of hydrogen-bond acceptors (Lipinski definition) is 7. The fourth-order valence-corrected chi connectivity index (χ4v) is 4.89. The van der Waals surface area contributed by atoms with Crippen molar-refractivity contribution in [1.29, 1.82) is 0 Å². The minimum absolute atomic E-state index is 0.0216. The van der Waals surface area contributed by atoms with Crippen molar-refractivity contribution in [2.24, 2.45) is 4.99 Å². The van der Waals surface area contributed by atoms with Crippen LogP contribution in [0.4, 0.5) is 27.5 Å². The number of benzene rings is 2. The van der Waals surface area contributed by atoms with Crippen LogP contribution in [0.2, 0.25) is 5.02 Å². The number of aromatic nitrogens is 2. The third-order valence-electron chi connectivity index (χ3n) is 6.30. The van der Waals surface area contributed by atoms with E-state index in [9.17, 15) is 9.18 Å². The molecule has 2 aromatic carbocycles. The van der Waals surface area contributed by atoms with Gasteiger partial charge >= 0.3 is 0 Å². The Morgan fingerprint density at radius 1 is 1.15 bits per heavy atom. The average molecular weight is 478 g/mol. The highest BCUT2D eigenvalue weighted by molar-refractivity contribution is 6.38. The quantitative estimate of drug-likeness (QED) is 0.617. The largest absolute Gasteiger partial charge is 0.324 e. The minimum atomic E-state index is -0.601. The molecular formula is C24H21ClFN7O. The number of hydrogen-bond donors (Lipinski definition) is 1. The number of halogens is 2. The van der Waals surface area contributed by atoms with Gasteiger partial charge < -0.3 is 10.2 Å². The zero-order chi connectivity index (χ0) is 23.4. The van der Waals surface area contributed by atoms with Gasteiger partial charge in [-0.2, -0.15) is 4.98 Å². The minimum Gasteiger partial charge on any atom is -0.324 e. The number of para-hydroxylation sites is 1. The summed E-state index contributed by atoms with van der Waals surface area (Å²) >= 11 is 6.27. The molecular weight excluding hydrogens is 457 g/mol. The maximum Gasteiger partial charge on any atom is 0.270 e. The van der Waals surface area contributed by atoms with Crippen molar-refractivity contribution in [3.63, 3.8) is 0 Å². The molecule has 1 N–H and O–H groups in total. The number of carbonyl (C=O) groups excluding carboxylic acids is 1. The molecule has 1 amide bonds. The van der Waals surface area contributed by atoms with E-state index in [-0.39, 0.29) is 16.3 Å². The van der Waals surface area contributed by atoms with Crippen molar-refractivity contribution in [2.75, 3.05) is 41.8 Å². The lowest BCUT2D eigenvalue weighted by molar-refractivity contribution is 0.0999. The van der Waals surface area contributed by atoms with E-state index in [1.807, 2.05) is 6.07 Å². The molecule has 1 aromatic heterocycles. The van der Waals surface area contributed by atoms with E-state index in [0.717, 1.165) is 25.2 Å². The van der Waals surface area contributed by atoms with E-state index in [2.05, 4.69) is 44.4 Å². The predicted molar refractivity (Wildman–Crippen MR) is 130 cm³/mol. The van der Waals surface area contributed by atoms with Crippen LogP contribution >= 0.6 is 11.6 Å². The first-order valence-corrected chi connectivity index (χ1v) is 11.4. The molecule has 0 unspecified atom stereocenters. The third kappa shape index (κ3) is 3.39. The fraction of sp³-hybridized carbons (Fsp3) is 0.250. The van der Waals surface area contributed by atoms with Gasteiger partial charge in [0.25, 0.3) is 5.91 Å². The van der Waals surface area contributed by atoms with E-state index < -0.39 is 11.7 Å². The smallest absolute Gasteiger partial charge is 0.270 e. The van der Waals surface area contributed by atoms with Gasteiger partial charge in [-0.25, -0.2) is 14.3 Å². The molecule has 8 nitrogen and oxygen atoms in total. The van der Waals surface area contributed by atoms with Crippen LogP contribution in [-0.4, -0.2) is 53.4 Å². The van der Waals surface area contributed by atoms with Gasteiger partial charge in [0.2, 0.25) is 11.9 Å². The number of fused-ring (bicyclic) bond motifs is 4. The summed E-state index contributed by atoms with van der Waals surface area (Å²) in [5, 5.41) is 3.39. The molecule has 172 valence electrons. The van der Waals surface area contributed by atoms with Crippen LogP contribution in [0.1, 0.15) is 21.5 Å². The van der Waals surface area contributed by atoms with Gasteiger partial charge in [-0.3, -0.25) is 14.7 Å². The molecule has 0 spiro atoms. The van der Waals surface area contributed by atoms with Crippen LogP contribution in [0.3, 0.4) is 0 Å². The molecule has 0 saturated heterocycles. The van der Waals surface area contributed by atoms with E-state index in [4.69, 9.17) is 11.6 Å². The van der Waals surface area contributed by atoms with Crippen molar-refractivity contribution in [2.45, 2.75) is 13.0 Å². The molecule has 3 aromatic rings. The molecule has 0 radical (unpaired) electrons. The number of rotatable bonds is 3. The van der Waals surface area contributed by atoms with Gasteiger partial charge in [0.15, 0.2) is 5.82 Å². The fourth-order valence-electron chi connectivity index (χ4n) is 4.64. The second-order valence-electron chi connectivity index (χ2n) is 8.57. The Morgan fingerprint density at radius 2 is 2.03 bits per heavy atom. The van der Waals surface area contributed by atoms with Gasteiger partial charge in [-0.15, -0.1) is 0 Å². The number of aliphatic imine (C=N–C) groups is 1. The van der Waals surface area contributed by atoms with Crippen molar-refractivity contribution < 1.29 is 9.18 Å². The van der Waals surface area contributed by atoms with E-state index >= 15 is 0 Å². The summed E-state index contributed by atoms with van der Waals surface area (Å²) in [5.74, 6) is 0.0591. The molecule has 0 atom stereocenters. The number of likely N-dealkylation sites (N-methyl/N-ethyl adjacent to an activating group) is 1. The number of guanidine groups is 1. The highest BCUT2D eigenvalue weighted by Gasteiger charge is 2.41. The summed E-state index contributed by atoms with van der Waals surface area (Å²) < 4.78 is 14.7. The molecule has 4 heterocycles. The van der Waals surface area contributed by atoms with Crippen LogP contribution in [0.15, 0.2) is 47.6 Å². The summed E-state index contributed by atoms with van der Waals surface area (Å²) in [6.45, 7) is 2.92. The molecule has 3 aliphatic rings. The van der Waals surface area contributed by atoms with Gasteiger partial charge in [0.1, 0.15) is 17.1 Å². The second-order valence-corrected chi connectivity index (χ2v) is 8.98. The van der Waals surface area contributed by atoms with Gasteiger partial charge in [0, 0.05) is 31.5 Å². The van der Waals surface area contributed by atoms with Crippen molar-refractivity contribution >= 4 is 46.6 Å². The first-order chi connectivity index (χ1) is 16.5. The molecule has 0 aliphatic carbocycles. The lowest BCUT2D eigenvalue weighted by Crippen LogP contribution is -2.51. The zero-order valence-corrected chi connectivity index (χ0v) is 19.2. The second kappa shape index (κ2) is 8.03. The predicted octanol–water partition coefficient (Wildman–Crippen LogP) is 3.84. The van der Waals surface area contributed by atoms with Crippen LogP contribution in [0.5, 0.6) is 0 Å². The molecule has 6 rings (SSSR count). The summed E-state index contributed by atoms with van der Waals surface area (Å²) in [4.78, 5) is 32.2. The summed E-state index contributed by atoms with van der Waals surface area (Å²) in [6, 6.07) is 10.6. The van der Waals surface area contributed by atoms with Crippen LogP contribution in [-0.2, 0) is 13.0 Å². The van der Waals surface area contributed by atoms with Gasteiger partial charge in [-0.1, -0.05) is 23.7 Å². The summed E-state index contributed by atoms with van der Waals surface area (Å²) in [5.41, 5.74) is 3.75. The van der Waals surface area contributed by atoms with Gasteiger partial charge in [0.05, 0.1) is 11.6 Å². The highest BCUT2D eigenvalue weighted by Crippen LogP contribution is 2.37. The Kier molecular flexibility index (Phi) is 4.96. The van der Waals surface area contributed by atoms with Crippen molar-refractivity contribution in [3.05, 3.63) is 70.1 Å². The first-order valence-electron chi connectivity index (χ1n) is 11.0. The van der Waals surface area contributed by atoms with Crippen LogP contribution in [0.25, 0.3) is 0 Å². The van der Waals surface area contributed by atoms with Crippen molar-refractivity contribution in [1.82, 2.24) is 14.9 Å². The Balaban J connectivity index is 1.35. The molecule has 3 aliphatic heterocycles. The van der Waals surface area contributed by atoms with Crippen LogP contribution in [0, 0.1) is 5.82 Å². The van der Waals surface area contributed by atoms with Gasteiger partial charge in [-0.05, 0) is 48.9 Å². The monoisotopic (exact) mass is 477 g/mol. The lowest BCUT2D eigenvalue weighted by Gasteiger charge is -2.35. The van der Waals surface area contributed by atoms with Crippen LogP contribution < -0.4 is 15.1 Å². The number of carbonyl (C=O) groups is 1. The number of amides is 1. The Hall–Kier alpha value is -3.56. The Morgan fingerprint density at radius 3 is 2.88 bits per heavy atom. The lowest BCUT2D eigenvalue weighted by atomic mass is 9.99. The van der Waals surface area contributed by atoms with E-state index in [1.54, 1.807) is 11.0 Å². The topological polar surface area (TPSA) is 77.0 Å². The Bertz CT molecular complexity index is 1340. The summed E-state index contributed by atoms with van der Waals surface area (Å²) in [7, 11) is 2.11. The number of anilines is 4. The number of nitrogens with one attached hydrogen (secondary N) is 1. The molecule has 34 heavy (non-hydrogen) atoms. The normalized spacial score (nSPS) is 17.3. The van der Waals surface area contributed by atoms with Crippen molar-refractivity contribution in [3.8, 4) is 0 Å². The number of nitrogens with zero attached hydrogens (tertiary/aromatic N) is 6. The standard InChI is InChI=1S/C24H21ClFN7O/c1-31-9-7-14-5-6-16(11-15(14)13-31)29-23-28-12-17-21(30-23)32-10-8-27-24(32)33(22(17)34)20-18(25)3-2-4-19(20)26/h2-6,11-12H,7-10,13H2,1H3,(H,28,29,30). The molecule has 0 fully saturated rings. The molecule has 10 heteroatoms.